The summed E-state index contributed by atoms with van der Waals surface area (Å²) in [6, 6.07) is 8.54. The number of guanidine groups is 1. The smallest absolute Gasteiger partial charge is 0.239 e. The first-order valence-corrected chi connectivity index (χ1v) is 10.3. The molecule has 2 rings (SSSR count). The zero-order chi connectivity index (χ0) is 20.2. The number of rotatable bonds is 9. The Hall–Kier alpha value is -2.28. The first kappa shape index (κ1) is 22.0. The number of hydrogen-bond acceptors (Lipinski definition) is 4. The summed E-state index contributed by atoms with van der Waals surface area (Å²) in [6.07, 6.45) is 4.70. The van der Waals surface area contributed by atoms with Gasteiger partial charge in [-0.2, -0.15) is 0 Å². The van der Waals surface area contributed by atoms with Crippen LogP contribution >= 0.6 is 0 Å². The fourth-order valence-electron chi connectivity index (χ4n) is 3.42. The quantitative estimate of drug-likeness (QED) is 0.444. The van der Waals surface area contributed by atoms with Gasteiger partial charge in [-0.1, -0.05) is 25.5 Å². The lowest BCUT2D eigenvalue weighted by atomic mass is 10.0. The van der Waals surface area contributed by atoms with Gasteiger partial charge in [0.2, 0.25) is 5.91 Å². The van der Waals surface area contributed by atoms with E-state index < -0.39 is 0 Å². The maximum Gasteiger partial charge on any atom is 0.239 e. The highest BCUT2D eigenvalue weighted by Crippen LogP contribution is 2.25. The van der Waals surface area contributed by atoms with Crippen molar-refractivity contribution >= 4 is 11.9 Å². The average Bonchev–Trinajstić information content (AvgIpc) is 2.75. The zero-order valence-corrected chi connectivity index (χ0v) is 17.5. The van der Waals surface area contributed by atoms with Crippen molar-refractivity contribution in [3.63, 3.8) is 0 Å². The Morgan fingerprint density at radius 1 is 1.14 bits per heavy atom. The molecule has 0 radical (unpaired) electrons. The monoisotopic (exact) mass is 389 g/mol. The van der Waals surface area contributed by atoms with Gasteiger partial charge in [-0.3, -0.25) is 14.7 Å². The molecule has 0 aromatic heterocycles. The summed E-state index contributed by atoms with van der Waals surface area (Å²) < 4.78 is 5.30. The van der Waals surface area contributed by atoms with Gasteiger partial charge in [0.05, 0.1) is 19.7 Å². The first-order valence-electron chi connectivity index (χ1n) is 10.3. The second kappa shape index (κ2) is 12.2. The number of benzene rings is 1. The van der Waals surface area contributed by atoms with E-state index in [1.54, 1.807) is 14.2 Å². The lowest BCUT2D eigenvalue weighted by Gasteiger charge is -2.35. The molecular weight excluding hydrogens is 354 g/mol. The molecule has 7 nitrogen and oxygen atoms in total. The van der Waals surface area contributed by atoms with E-state index in [1.807, 2.05) is 19.1 Å². The van der Waals surface area contributed by atoms with Crippen molar-refractivity contribution in [2.75, 3.05) is 46.9 Å². The molecule has 1 aliphatic rings. The molecule has 1 aromatic carbocycles. The number of piperidine rings is 1. The molecule has 156 valence electrons. The standard InChI is InChI=1S/C21H35N5O2/c1-4-12-23-20(27)16-25-21(22-2)24-15-19(26-13-6-5-7-14-26)17-8-10-18(28-3)11-9-17/h8-11,19H,4-7,12-16H2,1-3H3,(H,23,27)(H2,22,24,25). The zero-order valence-electron chi connectivity index (χ0n) is 17.5. The summed E-state index contributed by atoms with van der Waals surface area (Å²) in [4.78, 5) is 18.6. The van der Waals surface area contributed by atoms with Crippen LogP contribution in [0.3, 0.4) is 0 Å². The van der Waals surface area contributed by atoms with E-state index in [9.17, 15) is 4.79 Å². The minimum absolute atomic E-state index is 0.0208. The predicted molar refractivity (Wildman–Crippen MR) is 114 cm³/mol. The van der Waals surface area contributed by atoms with Crippen LogP contribution in [0, 0.1) is 0 Å². The second-order valence-electron chi connectivity index (χ2n) is 7.04. The van der Waals surface area contributed by atoms with E-state index in [0.29, 0.717) is 12.5 Å². The van der Waals surface area contributed by atoms with Gasteiger partial charge in [0.25, 0.3) is 0 Å². The number of nitrogens with one attached hydrogen (secondary N) is 3. The van der Waals surface area contributed by atoms with Crippen LogP contribution in [0.25, 0.3) is 0 Å². The van der Waals surface area contributed by atoms with E-state index >= 15 is 0 Å². The van der Waals surface area contributed by atoms with Crippen LogP contribution < -0.4 is 20.7 Å². The molecule has 3 N–H and O–H groups in total. The van der Waals surface area contributed by atoms with Crippen molar-refractivity contribution in [3.8, 4) is 5.75 Å². The minimum Gasteiger partial charge on any atom is -0.497 e. The van der Waals surface area contributed by atoms with Crippen LogP contribution in [0.5, 0.6) is 5.75 Å². The average molecular weight is 390 g/mol. The van der Waals surface area contributed by atoms with Gasteiger partial charge < -0.3 is 20.7 Å². The van der Waals surface area contributed by atoms with E-state index in [0.717, 1.165) is 31.8 Å². The highest BCUT2D eigenvalue weighted by atomic mass is 16.5. The first-order chi connectivity index (χ1) is 13.7. The molecule has 0 saturated carbocycles. The number of likely N-dealkylation sites (tertiary alicyclic amines) is 1. The molecule has 28 heavy (non-hydrogen) atoms. The van der Waals surface area contributed by atoms with Crippen molar-refractivity contribution < 1.29 is 9.53 Å². The Balaban J connectivity index is 1.97. The highest BCUT2D eigenvalue weighted by molar-refractivity contribution is 5.86. The van der Waals surface area contributed by atoms with Gasteiger partial charge in [0.1, 0.15) is 5.75 Å². The molecule has 7 heteroatoms. The molecule has 1 amide bonds. The molecular formula is C21H35N5O2. The van der Waals surface area contributed by atoms with Crippen molar-refractivity contribution in [2.45, 2.75) is 38.6 Å². The lowest BCUT2D eigenvalue weighted by molar-refractivity contribution is -0.120. The number of aliphatic imine (C=N–C) groups is 1. The van der Waals surface area contributed by atoms with Crippen molar-refractivity contribution in [2.24, 2.45) is 4.99 Å². The molecule has 1 aliphatic heterocycles. The molecule has 1 atom stereocenters. The van der Waals surface area contributed by atoms with Crippen molar-refractivity contribution in [3.05, 3.63) is 29.8 Å². The predicted octanol–water partition coefficient (Wildman–Crippen LogP) is 1.91. The maximum atomic E-state index is 11.8. The molecule has 1 unspecified atom stereocenters. The molecule has 0 spiro atoms. The molecule has 1 heterocycles. The number of nitrogens with zero attached hydrogens (tertiary/aromatic N) is 2. The van der Waals surface area contributed by atoms with Crippen LogP contribution in [-0.2, 0) is 4.79 Å². The van der Waals surface area contributed by atoms with Gasteiger partial charge in [-0.25, -0.2) is 0 Å². The van der Waals surface area contributed by atoms with Crippen LogP contribution in [-0.4, -0.2) is 63.6 Å². The summed E-state index contributed by atoms with van der Waals surface area (Å²) in [5.74, 6) is 1.49. The van der Waals surface area contributed by atoms with Crippen LogP contribution in [0.1, 0.15) is 44.2 Å². The Bertz CT molecular complexity index is 612. The Morgan fingerprint density at radius 3 is 2.46 bits per heavy atom. The van der Waals surface area contributed by atoms with Gasteiger partial charge in [-0.15, -0.1) is 0 Å². The number of carbonyl (C=O) groups excluding carboxylic acids is 1. The minimum atomic E-state index is -0.0208. The van der Waals surface area contributed by atoms with E-state index in [4.69, 9.17) is 4.74 Å². The van der Waals surface area contributed by atoms with Gasteiger partial charge in [0, 0.05) is 20.1 Å². The largest absolute Gasteiger partial charge is 0.497 e. The number of amides is 1. The van der Waals surface area contributed by atoms with Gasteiger partial charge >= 0.3 is 0 Å². The van der Waals surface area contributed by atoms with Crippen LogP contribution in [0.2, 0.25) is 0 Å². The number of methoxy groups -OCH3 is 1. The number of hydrogen-bond donors (Lipinski definition) is 3. The second-order valence-corrected chi connectivity index (χ2v) is 7.04. The number of ether oxygens (including phenoxy) is 1. The fraction of sp³-hybridized carbons (Fsp3) is 0.619. The number of carbonyl (C=O) groups is 1. The summed E-state index contributed by atoms with van der Waals surface area (Å²) in [5.41, 5.74) is 1.26. The van der Waals surface area contributed by atoms with Gasteiger partial charge in [-0.05, 0) is 50.0 Å². The summed E-state index contributed by atoms with van der Waals surface area (Å²) >= 11 is 0. The third-order valence-corrected chi connectivity index (χ3v) is 5.01. The summed E-state index contributed by atoms with van der Waals surface area (Å²) in [5, 5.41) is 9.35. The van der Waals surface area contributed by atoms with Crippen molar-refractivity contribution in [1.82, 2.24) is 20.9 Å². The van der Waals surface area contributed by atoms with E-state index in [1.165, 1.54) is 24.8 Å². The third-order valence-electron chi connectivity index (χ3n) is 5.01. The third kappa shape index (κ3) is 7.03. The molecule has 1 saturated heterocycles. The molecule has 1 aromatic rings. The molecule has 1 fully saturated rings. The van der Waals surface area contributed by atoms with Crippen LogP contribution in [0.15, 0.2) is 29.3 Å². The Labute approximate surface area is 168 Å². The molecule has 0 aliphatic carbocycles. The Kier molecular flexibility index (Phi) is 9.62. The lowest BCUT2D eigenvalue weighted by Crippen LogP contribution is -2.46. The fourth-order valence-corrected chi connectivity index (χ4v) is 3.42. The SMILES string of the molecule is CCCNC(=O)CNC(=NC)NCC(c1ccc(OC)cc1)N1CCCCC1. The maximum absolute atomic E-state index is 11.8. The van der Waals surface area contributed by atoms with Gasteiger partial charge in [0.15, 0.2) is 5.96 Å². The van der Waals surface area contributed by atoms with Crippen LogP contribution in [0.4, 0.5) is 0 Å². The van der Waals surface area contributed by atoms with E-state index in [-0.39, 0.29) is 18.5 Å². The summed E-state index contributed by atoms with van der Waals surface area (Å²) in [7, 11) is 3.41. The topological polar surface area (TPSA) is 78.0 Å². The summed E-state index contributed by atoms with van der Waals surface area (Å²) in [6.45, 7) is 5.88. The Morgan fingerprint density at radius 2 is 1.86 bits per heavy atom. The van der Waals surface area contributed by atoms with E-state index in [2.05, 4.69) is 38.0 Å². The molecule has 0 bridgehead atoms. The highest BCUT2D eigenvalue weighted by Gasteiger charge is 2.22. The van der Waals surface area contributed by atoms with Crippen molar-refractivity contribution in [1.29, 1.82) is 0 Å². The normalized spacial score (nSPS) is 16.3.